The number of hydrogen-bond acceptors (Lipinski definition) is 10. The normalized spacial score (nSPS) is 14.1. The SMILES string of the molecule is CC/C=C\C/C=C\C/C=C\C/C=C\C/C=C\C/C=C\CCC(=O)OCC(COP(=O)(O)OCC(CO)OC(=O)CCCCCCC/C=C\C/C=C\CCCCC)OC(=O)CCCCCCCCCCC/C=C\C/C=C\CCCCC. The molecule has 0 aromatic rings. The van der Waals surface area contributed by atoms with Crippen molar-refractivity contribution in [1.29, 1.82) is 0 Å². The van der Waals surface area contributed by atoms with Crippen LogP contribution in [0, 0.1) is 0 Å². The Morgan fingerprint density at radius 2 is 0.675 bits per heavy atom. The van der Waals surface area contributed by atoms with Crippen LogP contribution in [-0.4, -0.2) is 66.5 Å². The molecule has 456 valence electrons. The van der Waals surface area contributed by atoms with Gasteiger partial charge in [-0.1, -0.05) is 232 Å². The van der Waals surface area contributed by atoms with Crippen molar-refractivity contribution >= 4 is 25.7 Å². The number of unbranched alkanes of at least 4 members (excludes halogenated alkanes) is 20. The molecular formula is C68H113O11P. The fraction of sp³-hybridized carbons (Fsp3) is 0.662. The molecule has 0 saturated heterocycles. The summed E-state index contributed by atoms with van der Waals surface area (Å²) in [5, 5.41) is 9.84. The molecule has 3 unspecified atom stereocenters. The molecule has 0 rings (SSSR count). The topological polar surface area (TPSA) is 155 Å². The zero-order chi connectivity index (χ0) is 58.3. The second-order valence-electron chi connectivity index (χ2n) is 20.5. The van der Waals surface area contributed by atoms with Crippen molar-refractivity contribution in [3.8, 4) is 0 Å². The average molecular weight is 1140 g/mol. The molecule has 0 spiro atoms. The fourth-order valence-corrected chi connectivity index (χ4v) is 8.87. The summed E-state index contributed by atoms with van der Waals surface area (Å²) in [6.07, 6.45) is 75.9. The first-order valence-electron chi connectivity index (χ1n) is 31.4. The first kappa shape index (κ1) is 75.9. The average Bonchev–Trinajstić information content (AvgIpc) is 3.45. The van der Waals surface area contributed by atoms with Gasteiger partial charge in [-0.3, -0.25) is 23.4 Å². The lowest BCUT2D eigenvalue weighted by Crippen LogP contribution is -2.30. The highest BCUT2D eigenvalue weighted by molar-refractivity contribution is 7.47. The lowest BCUT2D eigenvalue weighted by atomic mass is 10.1. The van der Waals surface area contributed by atoms with E-state index in [-0.39, 0.29) is 25.9 Å². The van der Waals surface area contributed by atoms with Crippen LogP contribution in [0.4, 0.5) is 0 Å². The molecule has 0 radical (unpaired) electrons. The highest BCUT2D eigenvalue weighted by Crippen LogP contribution is 2.43. The Kier molecular flexibility index (Phi) is 57.8. The number of carbonyl (C=O) groups excluding carboxylic acids is 3. The number of phosphoric acid groups is 1. The van der Waals surface area contributed by atoms with E-state index in [1.807, 2.05) is 12.2 Å². The van der Waals surface area contributed by atoms with Crippen molar-refractivity contribution < 1.29 is 52.2 Å². The smallest absolute Gasteiger partial charge is 0.462 e. The molecule has 0 bridgehead atoms. The van der Waals surface area contributed by atoms with E-state index in [4.69, 9.17) is 23.3 Å². The summed E-state index contributed by atoms with van der Waals surface area (Å²) < 4.78 is 39.6. The molecule has 0 aromatic heterocycles. The van der Waals surface area contributed by atoms with Crippen LogP contribution in [-0.2, 0) is 42.2 Å². The van der Waals surface area contributed by atoms with E-state index >= 15 is 0 Å². The molecule has 12 heteroatoms. The lowest BCUT2D eigenvalue weighted by Gasteiger charge is -2.21. The van der Waals surface area contributed by atoms with Crippen molar-refractivity contribution in [2.45, 2.75) is 264 Å². The summed E-state index contributed by atoms with van der Waals surface area (Å²) in [6.45, 7) is 4.38. The Morgan fingerprint density at radius 1 is 0.362 bits per heavy atom. The van der Waals surface area contributed by atoms with Gasteiger partial charge >= 0.3 is 25.7 Å². The molecule has 0 heterocycles. The molecule has 0 saturated carbocycles. The van der Waals surface area contributed by atoms with E-state index < -0.39 is 57.8 Å². The van der Waals surface area contributed by atoms with Crippen molar-refractivity contribution in [2.75, 3.05) is 26.4 Å². The van der Waals surface area contributed by atoms with Crippen molar-refractivity contribution in [1.82, 2.24) is 0 Å². The Balaban J connectivity index is 4.84. The molecule has 0 aromatic carbocycles. The van der Waals surface area contributed by atoms with Gasteiger partial charge in [0.15, 0.2) is 6.10 Å². The molecule has 3 atom stereocenters. The van der Waals surface area contributed by atoms with E-state index in [0.29, 0.717) is 19.3 Å². The second kappa shape index (κ2) is 61.0. The number of rotatable bonds is 57. The zero-order valence-corrected chi connectivity index (χ0v) is 51.4. The van der Waals surface area contributed by atoms with Crippen LogP contribution >= 0.6 is 7.82 Å². The van der Waals surface area contributed by atoms with E-state index in [0.717, 1.165) is 122 Å². The summed E-state index contributed by atoms with van der Waals surface area (Å²) in [5.74, 6) is -1.59. The summed E-state index contributed by atoms with van der Waals surface area (Å²) in [4.78, 5) is 48.7. The predicted molar refractivity (Wildman–Crippen MR) is 334 cm³/mol. The maximum atomic E-state index is 13.0. The van der Waals surface area contributed by atoms with Gasteiger partial charge in [0.1, 0.15) is 12.7 Å². The van der Waals surface area contributed by atoms with Crippen LogP contribution in [0.3, 0.4) is 0 Å². The molecule has 2 N–H and O–H groups in total. The third kappa shape index (κ3) is 58.5. The van der Waals surface area contributed by atoms with E-state index in [1.54, 1.807) is 0 Å². The van der Waals surface area contributed by atoms with E-state index in [9.17, 15) is 28.9 Å². The maximum absolute atomic E-state index is 13.0. The maximum Gasteiger partial charge on any atom is 0.472 e. The Hall–Kier alpha value is -4.12. The fourth-order valence-electron chi connectivity index (χ4n) is 8.09. The number of carbonyl (C=O) groups is 3. The van der Waals surface area contributed by atoms with Crippen molar-refractivity contribution in [3.05, 3.63) is 122 Å². The highest BCUT2D eigenvalue weighted by Gasteiger charge is 2.28. The highest BCUT2D eigenvalue weighted by atomic mass is 31.2. The molecule has 0 aliphatic carbocycles. The van der Waals surface area contributed by atoms with Gasteiger partial charge in [0.25, 0.3) is 0 Å². The first-order chi connectivity index (χ1) is 39.2. The predicted octanol–water partition coefficient (Wildman–Crippen LogP) is 19.1. The zero-order valence-electron chi connectivity index (χ0n) is 50.5. The number of aliphatic hydroxyl groups is 1. The van der Waals surface area contributed by atoms with Gasteiger partial charge in [-0.2, -0.15) is 0 Å². The van der Waals surface area contributed by atoms with Crippen LogP contribution in [0.25, 0.3) is 0 Å². The minimum Gasteiger partial charge on any atom is -0.462 e. The number of aliphatic hydroxyl groups excluding tert-OH is 1. The molecule has 0 aliphatic heterocycles. The molecule has 0 fully saturated rings. The van der Waals surface area contributed by atoms with Gasteiger partial charge < -0.3 is 24.2 Å². The number of esters is 3. The minimum atomic E-state index is -4.78. The third-order valence-corrected chi connectivity index (χ3v) is 13.8. The van der Waals surface area contributed by atoms with Gasteiger partial charge in [-0.25, -0.2) is 4.57 Å². The van der Waals surface area contributed by atoms with Crippen LogP contribution in [0.15, 0.2) is 122 Å². The van der Waals surface area contributed by atoms with Crippen LogP contribution < -0.4 is 0 Å². The number of allylic oxidation sites excluding steroid dienone is 20. The van der Waals surface area contributed by atoms with E-state index in [2.05, 4.69) is 130 Å². The third-order valence-electron chi connectivity index (χ3n) is 12.9. The van der Waals surface area contributed by atoms with Gasteiger partial charge in [0, 0.05) is 19.3 Å². The van der Waals surface area contributed by atoms with Crippen molar-refractivity contribution in [2.24, 2.45) is 0 Å². The Bertz CT molecular complexity index is 1800. The molecular weight excluding hydrogens is 1020 g/mol. The number of ether oxygens (including phenoxy) is 3. The number of hydrogen-bond donors (Lipinski definition) is 2. The van der Waals surface area contributed by atoms with Gasteiger partial charge in [-0.05, 0) is 122 Å². The lowest BCUT2D eigenvalue weighted by molar-refractivity contribution is -0.161. The standard InChI is InChI=1S/C68H113O11P/c1-4-7-10-13-16-19-22-25-28-30-32-34-37-39-42-45-48-51-54-57-66(70)75-61-65(79-68(72)59-56-53-50-47-44-41-38-35-33-31-29-26-23-20-17-14-11-8-5-2)63-77-80(73,74)76-62-64(60-69)78-67(71)58-55-52-49-46-43-40-36-27-24-21-18-15-12-9-6-3/h7,10,16-21,25-29,32,34,36,39,42,48,51,64-65,69H,4-6,8-9,11-15,22-24,30-31,33,35,37-38,40-41,43-47,49-50,52-63H2,1-3H3,(H,73,74)/b10-7-,19-16-,20-17-,21-18-,28-25-,29-26-,34-32-,36-27-,42-39-,51-48-. The summed E-state index contributed by atoms with van der Waals surface area (Å²) in [7, 11) is -4.78. The summed E-state index contributed by atoms with van der Waals surface area (Å²) in [6, 6.07) is 0. The first-order valence-corrected chi connectivity index (χ1v) is 32.9. The monoisotopic (exact) mass is 1140 g/mol. The molecule has 0 amide bonds. The van der Waals surface area contributed by atoms with E-state index in [1.165, 1.54) is 70.6 Å². The number of phosphoric ester groups is 1. The summed E-state index contributed by atoms with van der Waals surface area (Å²) in [5.41, 5.74) is 0. The van der Waals surface area contributed by atoms with Crippen LogP contribution in [0.5, 0.6) is 0 Å². The molecule has 0 aliphatic rings. The molecule has 11 nitrogen and oxygen atoms in total. The largest absolute Gasteiger partial charge is 0.472 e. The van der Waals surface area contributed by atoms with Gasteiger partial charge in [0.05, 0.1) is 19.8 Å². The minimum absolute atomic E-state index is 0.0941. The quantitative estimate of drug-likeness (QED) is 0.0197. The van der Waals surface area contributed by atoms with Crippen LogP contribution in [0.2, 0.25) is 0 Å². The van der Waals surface area contributed by atoms with Crippen molar-refractivity contribution in [3.63, 3.8) is 0 Å². The Morgan fingerprint density at radius 3 is 1.05 bits per heavy atom. The summed E-state index contributed by atoms with van der Waals surface area (Å²) >= 11 is 0. The Labute approximate surface area is 487 Å². The molecule has 80 heavy (non-hydrogen) atoms. The van der Waals surface area contributed by atoms with Gasteiger partial charge in [0.2, 0.25) is 0 Å². The van der Waals surface area contributed by atoms with Crippen LogP contribution in [0.1, 0.15) is 252 Å². The second-order valence-corrected chi connectivity index (χ2v) is 21.9. The van der Waals surface area contributed by atoms with Gasteiger partial charge in [-0.15, -0.1) is 0 Å².